The topological polar surface area (TPSA) is 17.1 Å². The van der Waals surface area contributed by atoms with Crippen LogP contribution in [-0.2, 0) is 11.2 Å². The molecule has 1 aliphatic rings. The zero-order chi connectivity index (χ0) is 10.0. The number of carbonyl (C=O) groups is 1. The fourth-order valence-electron chi connectivity index (χ4n) is 2.31. The molecule has 0 radical (unpaired) electrons. The van der Waals surface area contributed by atoms with Gasteiger partial charge >= 0.3 is 0 Å². The van der Waals surface area contributed by atoms with Gasteiger partial charge < -0.3 is 0 Å². The van der Waals surface area contributed by atoms with Crippen LogP contribution in [0, 0.1) is 5.41 Å². The van der Waals surface area contributed by atoms with E-state index in [0.29, 0.717) is 5.78 Å². The van der Waals surface area contributed by atoms with Crippen molar-refractivity contribution in [1.29, 1.82) is 0 Å². The summed E-state index contributed by atoms with van der Waals surface area (Å²) in [6.07, 6.45) is 3.82. The predicted molar refractivity (Wildman–Crippen MR) is 57.1 cm³/mol. The van der Waals surface area contributed by atoms with E-state index in [-0.39, 0.29) is 5.41 Å². The molecule has 1 saturated carbocycles. The fourth-order valence-corrected chi connectivity index (χ4v) is 2.31. The van der Waals surface area contributed by atoms with Gasteiger partial charge in [-0.05, 0) is 24.8 Å². The van der Waals surface area contributed by atoms with E-state index in [2.05, 4.69) is 19.1 Å². The summed E-state index contributed by atoms with van der Waals surface area (Å²) in [6, 6.07) is 10.3. The highest BCUT2D eigenvalue weighted by atomic mass is 16.1. The molecule has 0 unspecified atom stereocenters. The highest BCUT2D eigenvalue weighted by molar-refractivity contribution is 5.86. The molecular formula is C13H16O. The summed E-state index contributed by atoms with van der Waals surface area (Å²) in [4.78, 5) is 11.7. The molecule has 1 fully saturated rings. The molecule has 1 nitrogen and oxygen atoms in total. The summed E-state index contributed by atoms with van der Waals surface area (Å²) in [5.74, 6) is 0.446. The third-order valence-corrected chi connectivity index (χ3v) is 3.24. The molecule has 14 heavy (non-hydrogen) atoms. The second-order valence-corrected chi connectivity index (χ2v) is 4.50. The van der Waals surface area contributed by atoms with Crippen LogP contribution in [0.2, 0.25) is 0 Å². The van der Waals surface area contributed by atoms with Crippen LogP contribution in [0.5, 0.6) is 0 Å². The average Bonchev–Trinajstić information content (AvgIpc) is 2.48. The lowest BCUT2D eigenvalue weighted by Gasteiger charge is -2.21. The fraction of sp³-hybridized carbons (Fsp3) is 0.462. The molecule has 1 heteroatoms. The van der Waals surface area contributed by atoms with Crippen molar-refractivity contribution in [3.63, 3.8) is 0 Å². The quantitative estimate of drug-likeness (QED) is 0.697. The van der Waals surface area contributed by atoms with Crippen LogP contribution in [0.25, 0.3) is 0 Å². The van der Waals surface area contributed by atoms with Crippen molar-refractivity contribution >= 4 is 5.78 Å². The van der Waals surface area contributed by atoms with E-state index in [4.69, 9.17) is 0 Å². The smallest absolute Gasteiger partial charge is 0.139 e. The monoisotopic (exact) mass is 188 g/mol. The van der Waals surface area contributed by atoms with Gasteiger partial charge in [-0.25, -0.2) is 0 Å². The first-order valence-corrected chi connectivity index (χ1v) is 5.28. The van der Waals surface area contributed by atoms with E-state index >= 15 is 0 Å². The van der Waals surface area contributed by atoms with Crippen LogP contribution in [0.3, 0.4) is 0 Å². The molecule has 0 N–H and O–H groups in total. The van der Waals surface area contributed by atoms with Crippen LogP contribution >= 0.6 is 0 Å². The number of rotatable bonds is 2. The van der Waals surface area contributed by atoms with Crippen LogP contribution in [-0.4, -0.2) is 5.78 Å². The predicted octanol–water partition coefficient (Wildman–Crippen LogP) is 2.99. The van der Waals surface area contributed by atoms with E-state index < -0.39 is 0 Å². The lowest BCUT2D eigenvalue weighted by Crippen LogP contribution is -2.24. The Morgan fingerprint density at radius 3 is 2.57 bits per heavy atom. The zero-order valence-corrected chi connectivity index (χ0v) is 8.62. The molecule has 0 heterocycles. The van der Waals surface area contributed by atoms with Crippen LogP contribution < -0.4 is 0 Å². The minimum absolute atomic E-state index is 0.0820. The van der Waals surface area contributed by atoms with Crippen LogP contribution in [0.1, 0.15) is 31.7 Å². The summed E-state index contributed by atoms with van der Waals surface area (Å²) in [6.45, 7) is 2.11. The molecule has 2 rings (SSSR count). The number of benzene rings is 1. The van der Waals surface area contributed by atoms with Gasteiger partial charge in [0.15, 0.2) is 0 Å². The maximum absolute atomic E-state index is 11.7. The Morgan fingerprint density at radius 1 is 1.29 bits per heavy atom. The van der Waals surface area contributed by atoms with E-state index in [9.17, 15) is 4.79 Å². The molecular weight excluding hydrogens is 172 g/mol. The van der Waals surface area contributed by atoms with Crippen molar-refractivity contribution in [2.45, 2.75) is 32.6 Å². The SMILES string of the molecule is C[C@@]1(Cc2ccccc2)CCCC1=O. The van der Waals surface area contributed by atoms with Crippen molar-refractivity contribution in [1.82, 2.24) is 0 Å². The van der Waals surface area contributed by atoms with E-state index in [0.717, 1.165) is 25.7 Å². The lowest BCUT2D eigenvalue weighted by molar-refractivity contribution is -0.124. The molecule has 1 aliphatic carbocycles. The Hall–Kier alpha value is -1.11. The van der Waals surface area contributed by atoms with Crippen molar-refractivity contribution in [3.8, 4) is 0 Å². The first-order valence-electron chi connectivity index (χ1n) is 5.28. The third-order valence-electron chi connectivity index (χ3n) is 3.24. The van der Waals surface area contributed by atoms with Gasteiger partial charge in [-0.2, -0.15) is 0 Å². The van der Waals surface area contributed by atoms with Crippen molar-refractivity contribution < 1.29 is 4.79 Å². The Balaban J connectivity index is 2.14. The maximum Gasteiger partial charge on any atom is 0.139 e. The average molecular weight is 188 g/mol. The molecule has 1 aromatic carbocycles. The molecule has 0 bridgehead atoms. The zero-order valence-electron chi connectivity index (χ0n) is 8.62. The van der Waals surface area contributed by atoms with Crippen LogP contribution in [0.15, 0.2) is 30.3 Å². The van der Waals surface area contributed by atoms with Gasteiger partial charge in [-0.3, -0.25) is 4.79 Å². The number of Topliss-reactive ketones (excluding diaryl/α,β-unsaturated/α-hetero) is 1. The minimum atomic E-state index is -0.0820. The van der Waals surface area contributed by atoms with Crippen molar-refractivity contribution in [2.75, 3.05) is 0 Å². The minimum Gasteiger partial charge on any atom is -0.299 e. The summed E-state index contributed by atoms with van der Waals surface area (Å²) in [5, 5.41) is 0. The highest BCUT2D eigenvalue weighted by Crippen LogP contribution is 2.37. The molecule has 1 aromatic rings. The molecule has 0 saturated heterocycles. The summed E-state index contributed by atoms with van der Waals surface area (Å²) in [5.41, 5.74) is 1.20. The van der Waals surface area contributed by atoms with E-state index in [1.165, 1.54) is 5.56 Å². The van der Waals surface area contributed by atoms with E-state index in [1.54, 1.807) is 0 Å². The maximum atomic E-state index is 11.7. The molecule has 0 amide bonds. The van der Waals surface area contributed by atoms with Crippen molar-refractivity contribution in [2.24, 2.45) is 5.41 Å². The highest BCUT2D eigenvalue weighted by Gasteiger charge is 2.36. The van der Waals surface area contributed by atoms with Gasteiger partial charge in [0.1, 0.15) is 5.78 Å². The largest absolute Gasteiger partial charge is 0.299 e. The number of carbonyl (C=O) groups excluding carboxylic acids is 1. The van der Waals surface area contributed by atoms with E-state index in [1.807, 2.05) is 18.2 Å². The van der Waals surface area contributed by atoms with Crippen LogP contribution in [0.4, 0.5) is 0 Å². The third kappa shape index (κ3) is 1.72. The van der Waals surface area contributed by atoms with Gasteiger partial charge in [-0.1, -0.05) is 37.3 Å². The summed E-state index contributed by atoms with van der Waals surface area (Å²) >= 11 is 0. The Kier molecular flexibility index (Phi) is 2.40. The van der Waals surface area contributed by atoms with Gasteiger partial charge in [0, 0.05) is 11.8 Å². The number of hydrogen-bond donors (Lipinski definition) is 0. The van der Waals surface area contributed by atoms with Gasteiger partial charge in [0.2, 0.25) is 0 Å². The first kappa shape index (κ1) is 9.45. The van der Waals surface area contributed by atoms with Gasteiger partial charge in [-0.15, -0.1) is 0 Å². The Bertz CT molecular complexity index is 328. The second kappa shape index (κ2) is 3.56. The molecule has 74 valence electrons. The second-order valence-electron chi connectivity index (χ2n) is 4.50. The molecule has 0 aliphatic heterocycles. The lowest BCUT2D eigenvalue weighted by atomic mass is 9.81. The standard InChI is InChI=1S/C13H16O/c1-13(9-5-8-12(13)14)10-11-6-3-2-4-7-11/h2-4,6-7H,5,8-10H2,1H3/t13-/m0/s1. The molecule has 0 spiro atoms. The summed E-state index contributed by atoms with van der Waals surface area (Å²) in [7, 11) is 0. The van der Waals surface area contributed by atoms with Gasteiger partial charge in [0.05, 0.1) is 0 Å². The molecule has 0 aromatic heterocycles. The van der Waals surface area contributed by atoms with Gasteiger partial charge in [0.25, 0.3) is 0 Å². The normalized spacial score (nSPS) is 26.8. The van der Waals surface area contributed by atoms with Crippen molar-refractivity contribution in [3.05, 3.63) is 35.9 Å². The number of hydrogen-bond acceptors (Lipinski definition) is 1. The Labute approximate surface area is 85.1 Å². The summed E-state index contributed by atoms with van der Waals surface area (Å²) < 4.78 is 0. The Morgan fingerprint density at radius 2 is 2.00 bits per heavy atom. The first-order chi connectivity index (χ1) is 6.71. The molecule has 1 atom stereocenters. The number of ketones is 1.